The molecule has 20 heavy (non-hydrogen) atoms. The van der Waals surface area contributed by atoms with Crippen molar-refractivity contribution in [1.82, 2.24) is 0 Å². The fourth-order valence-electron chi connectivity index (χ4n) is 1.46. The average Bonchev–Trinajstić information content (AvgIpc) is 2.24. The van der Waals surface area contributed by atoms with Crippen LogP contribution >= 0.6 is 11.6 Å². The zero-order chi connectivity index (χ0) is 15.3. The lowest BCUT2D eigenvalue weighted by Crippen LogP contribution is -2.27. The Hall–Kier alpha value is -1.82. The number of amides is 1. The van der Waals surface area contributed by atoms with Crippen molar-refractivity contribution in [3.8, 4) is 0 Å². The van der Waals surface area contributed by atoms with Crippen LogP contribution in [0.5, 0.6) is 0 Å². The quantitative estimate of drug-likeness (QED) is 0.681. The van der Waals surface area contributed by atoms with E-state index in [0.717, 1.165) is 0 Å². The van der Waals surface area contributed by atoms with Crippen LogP contribution in [-0.4, -0.2) is 23.2 Å². The van der Waals surface area contributed by atoms with Gasteiger partial charge in [0.15, 0.2) is 0 Å². The van der Waals surface area contributed by atoms with E-state index < -0.39 is 16.6 Å². The molecule has 0 spiro atoms. The lowest BCUT2D eigenvalue weighted by molar-refractivity contribution is -0.479. The van der Waals surface area contributed by atoms with Crippen LogP contribution in [0.1, 0.15) is 26.3 Å². The van der Waals surface area contributed by atoms with Gasteiger partial charge >= 0.3 is 6.09 Å². The third-order valence-corrected chi connectivity index (χ3v) is 2.61. The zero-order valence-electron chi connectivity index (χ0n) is 11.6. The third kappa shape index (κ3) is 5.88. The van der Waals surface area contributed by atoms with Crippen molar-refractivity contribution in [2.24, 2.45) is 0 Å². The van der Waals surface area contributed by atoms with Crippen LogP contribution in [0.4, 0.5) is 10.5 Å². The van der Waals surface area contributed by atoms with Crippen molar-refractivity contribution in [3.05, 3.63) is 38.9 Å². The summed E-state index contributed by atoms with van der Waals surface area (Å²) >= 11 is 6.01. The summed E-state index contributed by atoms with van der Waals surface area (Å²) in [5.74, 6) is 0. The molecule has 110 valence electrons. The molecule has 1 amide bonds. The minimum atomic E-state index is -0.584. The SMILES string of the molecule is CC(C)(C)OC(=O)Nc1ccc(CC[N+](=O)[O-])c(Cl)c1. The van der Waals surface area contributed by atoms with Gasteiger partial charge in [-0.3, -0.25) is 15.4 Å². The molecule has 7 heteroatoms. The van der Waals surface area contributed by atoms with E-state index in [0.29, 0.717) is 16.3 Å². The van der Waals surface area contributed by atoms with Gasteiger partial charge in [-0.25, -0.2) is 4.79 Å². The number of halogens is 1. The smallest absolute Gasteiger partial charge is 0.412 e. The van der Waals surface area contributed by atoms with Gasteiger partial charge in [-0.15, -0.1) is 0 Å². The van der Waals surface area contributed by atoms with Crippen molar-refractivity contribution in [1.29, 1.82) is 0 Å². The van der Waals surface area contributed by atoms with E-state index in [1.165, 1.54) is 0 Å². The minimum absolute atomic E-state index is 0.182. The first-order valence-corrected chi connectivity index (χ1v) is 6.45. The second-order valence-electron chi connectivity index (χ2n) is 5.24. The highest BCUT2D eigenvalue weighted by Crippen LogP contribution is 2.22. The summed E-state index contributed by atoms with van der Waals surface area (Å²) < 4.78 is 5.11. The highest BCUT2D eigenvalue weighted by molar-refractivity contribution is 6.31. The summed E-state index contributed by atoms with van der Waals surface area (Å²) in [4.78, 5) is 21.5. The molecule has 0 aromatic heterocycles. The molecule has 0 bridgehead atoms. The van der Waals surface area contributed by atoms with Gasteiger partial charge in [-0.05, 0) is 38.5 Å². The number of nitrogens with zero attached hydrogens (tertiary/aromatic N) is 1. The molecule has 0 aliphatic heterocycles. The van der Waals surface area contributed by atoms with Gasteiger partial charge < -0.3 is 4.74 Å². The molecule has 1 rings (SSSR count). The van der Waals surface area contributed by atoms with E-state index in [9.17, 15) is 14.9 Å². The van der Waals surface area contributed by atoms with Crippen LogP contribution in [0.3, 0.4) is 0 Å². The zero-order valence-corrected chi connectivity index (χ0v) is 12.4. The van der Waals surface area contributed by atoms with Crippen molar-refractivity contribution in [2.45, 2.75) is 32.8 Å². The molecule has 0 radical (unpaired) electrons. The predicted molar refractivity (Wildman–Crippen MR) is 76.9 cm³/mol. The number of carbonyl (C=O) groups is 1. The molecule has 0 atom stereocenters. The number of hydrogen-bond donors (Lipinski definition) is 1. The van der Waals surface area contributed by atoms with Gasteiger partial charge in [-0.1, -0.05) is 17.7 Å². The maximum Gasteiger partial charge on any atom is 0.412 e. The van der Waals surface area contributed by atoms with Crippen LogP contribution in [0, 0.1) is 10.1 Å². The lowest BCUT2D eigenvalue weighted by atomic mass is 10.1. The van der Waals surface area contributed by atoms with E-state index in [2.05, 4.69) is 5.32 Å². The normalized spacial score (nSPS) is 11.0. The number of carbonyl (C=O) groups excluding carboxylic acids is 1. The van der Waals surface area contributed by atoms with Gasteiger partial charge in [-0.2, -0.15) is 0 Å². The molecule has 0 aliphatic carbocycles. The maximum atomic E-state index is 11.6. The molecule has 0 saturated heterocycles. The van der Waals surface area contributed by atoms with Gasteiger partial charge in [0, 0.05) is 22.1 Å². The number of nitrogens with one attached hydrogen (secondary N) is 1. The van der Waals surface area contributed by atoms with Gasteiger partial charge in [0.05, 0.1) is 0 Å². The predicted octanol–water partition coefficient (Wildman–Crippen LogP) is 3.51. The molecule has 6 nitrogen and oxygen atoms in total. The van der Waals surface area contributed by atoms with E-state index in [1.807, 2.05) is 0 Å². The molecular formula is C13H17ClN2O4. The Morgan fingerprint density at radius 2 is 2.10 bits per heavy atom. The summed E-state index contributed by atoms with van der Waals surface area (Å²) in [7, 11) is 0. The molecule has 0 aliphatic rings. The molecule has 1 aromatic carbocycles. The summed E-state index contributed by atoms with van der Waals surface area (Å²) in [5.41, 5.74) is 0.562. The van der Waals surface area contributed by atoms with Crippen LogP contribution in [0.25, 0.3) is 0 Å². The number of rotatable bonds is 4. The Morgan fingerprint density at radius 3 is 2.60 bits per heavy atom. The fraction of sp³-hybridized carbons (Fsp3) is 0.462. The molecule has 0 saturated carbocycles. The van der Waals surface area contributed by atoms with Crippen LogP contribution in [0.15, 0.2) is 18.2 Å². The molecule has 0 unspecified atom stereocenters. The summed E-state index contributed by atoms with van der Waals surface area (Å²) in [6.07, 6.45) is -0.329. The number of nitro groups is 1. The lowest BCUT2D eigenvalue weighted by Gasteiger charge is -2.19. The molecule has 0 fully saturated rings. The monoisotopic (exact) mass is 300 g/mol. The maximum absolute atomic E-state index is 11.6. The standard InChI is InChI=1S/C13H17ClN2O4/c1-13(2,3)20-12(17)15-10-5-4-9(11(14)8-10)6-7-16(18)19/h4-5,8H,6-7H2,1-3H3,(H,15,17). The number of hydrogen-bond acceptors (Lipinski definition) is 4. The first-order chi connectivity index (χ1) is 9.17. The van der Waals surface area contributed by atoms with E-state index in [4.69, 9.17) is 16.3 Å². The van der Waals surface area contributed by atoms with Gasteiger partial charge in [0.25, 0.3) is 0 Å². The van der Waals surface area contributed by atoms with E-state index in [-0.39, 0.29) is 13.0 Å². The molecule has 1 aromatic rings. The van der Waals surface area contributed by atoms with Crippen LogP contribution < -0.4 is 5.32 Å². The van der Waals surface area contributed by atoms with Crippen molar-refractivity contribution in [2.75, 3.05) is 11.9 Å². The largest absolute Gasteiger partial charge is 0.444 e. The summed E-state index contributed by atoms with van der Waals surface area (Å²) in [5, 5.41) is 13.2. The second kappa shape index (κ2) is 6.56. The topological polar surface area (TPSA) is 81.5 Å². The van der Waals surface area contributed by atoms with Crippen molar-refractivity contribution >= 4 is 23.4 Å². The van der Waals surface area contributed by atoms with Crippen LogP contribution in [-0.2, 0) is 11.2 Å². The second-order valence-corrected chi connectivity index (χ2v) is 5.65. The third-order valence-electron chi connectivity index (χ3n) is 2.26. The molecule has 1 N–H and O–H groups in total. The minimum Gasteiger partial charge on any atom is -0.444 e. The summed E-state index contributed by atoms with van der Waals surface area (Å²) in [6.45, 7) is 5.11. The Balaban J connectivity index is 2.67. The molecule has 0 heterocycles. The summed E-state index contributed by atoms with van der Waals surface area (Å²) in [6, 6.07) is 4.82. The van der Waals surface area contributed by atoms with E-state index >= 15 is 0 Å². The Bertz CT molecular complexity index is 512. The Labute approximate surface area is 122 Å². The average molecular weight is 301 g/mol. The Morgan fingerprint density at radius 1 is 1.45 bits per heavy atom. The Kier molecular flexibility index (Phi) is 5.33. The highest BCUT2D eigenvalue weighted by Gasteiger charge is 2.16. The first-order valence-electron chi connectivity index (χ1n) is 6.07. The number of benzene rings is 1. The first kappa shape index (κ1) is 16.2. The van der Waals surface area contributed by atoms with E-state index in [1.54, 1.807) is 39.0 Å². The van der Waals surface area contributed by atoms with Crippen LogP contribution in [0.2, 0.25) is 5.02 Å². The fourth-order valence-corrected chi connectivity index (χ4v) is 1.74. The van der Waals surface area contributed by atoms with Gasteiger partial charge in [0.1, 0.15) is 5.60 Å². The number of anilines is 1. The van der Waals surface area contributed by atoms with Gasteiger partial charge in [0.2, 0.25) is 6.54 Å². The van der Waals surface area contributed by atoms with Crippen molar-refractivity contribution in [3.63, 3.8) is 0 Å². The highest BCUT2D eigenvalue weighted by atomic mass is 35.5. The number of ether oxygens (including phenoxy) is 1. The molecular weight excluding hydrogens is 284 g/mol. The van der Waals surface area contributed by atoms with Crippen molar-refractivity contribution < 1.29 is 14.5 Å².